The van der Waals surface area contributed by atoms with Crippen LogP contribution in [0, 0.1) is 19.7 Å². The highest BCUT2D eigenvalue weighted by Gasteiger charge is 2.10. The molecule has 0 radical (unpaired) electrons. The molecule has 2 aromatic rings. The first kappa shape index (κ1) is 14.2. The molecule has 19 heavy (non-hydrogen) atoms. The van der Waals surface area contributed by atoms with Gasteiger partial charge in [-0.25, -0.2) is 4.39 Å². The standard InChI is InChI=1S/C16H17BrFN/c1-10-3-11(2)5-12(4-10)6-16(19)13-7-14(17)9-15(18)8-13/h3-5,7-9,16H,6,19H2,1-2H3. The van der Waals surface area contributed by atoms with Gasteiger partial charge in [0.15, 0.2) is 0 Å². The van der Waals surface area contributed by atoms with E-state index in [1.807, 2.05) is 6.07 Å². The summed E-state index contributed by atoms with van der Waals surface area (Å²) < 4.78 is 14.1. The van der Waals surface area contributed by atoms with Crippen molar-refractivity contribution in [2.24, 2.45) is 5.73 Å². The molecular formula is C16H17BrFN. The van der Waals surface area contributed by atoms with Crippen molar-refractivity contribution in [3.63, 3.8) is 0 Å². The fraction of sp³-hybridized carbons (Fsp3) is 0.250. The van der Waals surface area contributed by atoms with E-state index in [1.54, 1.807) is 0 Å². The topological polar surface area (TPSA) is 26.0 Å². The van der Waals surface area contributed by atoms with Crippen LogP contribution in [0.15, 0.2) is 40.9 Å². The van der Waals surface area contributed by atoms with Crippen LogP contribution < -0.4 is 5.73 Å². The maximum atomic E-state index is 13.4. The first-order chi connectivity index (χ1) is 8.94. The van der Waals surface area contributed by atoms with E-state index in [1.165, 1.54) is 28.8 Å². The number of hydrogen-bond acceptors (Lipinski definition) is 1. The molecule has 0 aromatic heterocycles. The average Bonchev–Trinajstić information content (AvgIpc) is 2.25. The first-order valence-electron chi connectivity index (χ1n) is 6.23. The maximum absolute atomic E-state index is 13.4. The van der Waals surface area contributed by atoms with Crippen molar-refractivity contribution in [3.8, 4) is 0 Å². The molecule has 0 saturated heterocycles. The second kappa shape index (κ2) is 5.85. The average molecular weight is 322 g/mol. The van der Waals surface area contributed by atoms with Gasteiger partial charge < -0.3 is 5.73 Å². The van der Waals surface area contributed by atoms with Crippen LogP contribution in [0.2, 0.25) is 0 Å². The Morgan fingerprint density at radius 3 is 2.26 bits per heavy atom. The van der Waals surface area contributed by atoms with E-state index < -0.39 is 0 Å². The van der Waals surface area contributed by atoms with Crippen LogP contribution >= 0.6 is 15.9 Å². The van der Waals surface area contributed by atoms with E-state index in [0.717, 1.165) is 10.0 Å². The van der Waals surface area contributed by atoms with E-state index in [9.17, 15) is 4.39 Å². The smallest absolute Gasteiger partial charge is 0.124 e. The summed E-state index contributed by atoms with van der Waals surface area (Å²) in [6.45, 7) is 4.14. The highest BCUT2D eigenvalue weighted by molar-refractivity contribution is 9.10. The lowest BCUT2D eigenvalue weighted by atomic mass is 9.97. The summed E-state index contributed by atoms with van der Waals surface area (Å²) in [5.41, 5.74) is 10.6. The molecule has 0 fully saturated rings. The molecule has 1 nitrogen and oxygen atoms in total. The second-order valence-electron chi connectivity index (χ2n) is 5.01. The number of aryl methyl sites for hydroxylation is 2. The molecule has 3 heteroatoms. The molecule has 1 unspecified atom stereocenters. The van der Waals surface area contributed by atoms with Crippen LogP contribution in [0.3, 0.4) is 0 Å². The summed E-state index contributed by atoms with van der Waals surface area (Å²) >= 11 is 3.29. The summed E-state index contributed by atoms with van der Waals surface area (Å²) in [5.74, 6) is -0.264. The van der Waals surface area contributed by atoms with Crippen LogP contribution in [0.25, 0.3) is 0 Å². The van der Waals surface area contributed by atoms with Crippen LogP contribution in [0.1, 0.15) is 28.3 Å². The van der Waals surface area contributed by atoms with E-state index in [2.05, 4.69) is 48.0 Å². The second-order valence-corrected chi connectivity index (χ2v) is 5.93. The van der Waals surface area contributed by atoms with E-state index in [0.29, 0.717) is 6.42 Å². The lowest BCUT2D eigenvalue weighted by molar-refractivity contribution is 0.617. The fourth-order valence-electron chi connectivity index (χ4n) is 2.35. The molecular weight excluding hydrogens is 305 g/mol. The van der Waals surface area contributed by atoms with Gasteiger partial charge in [0.25, 0.3) is 0 Å². The molecule has 0 spiro atoms. The van der Waals surface area contributed by atoms with E-state index in [-0.39, 0.29) is 11.9 Å². The molecule has 0 aliphatic carbocycles. The molecule has 1 atom stereocenters. The SMILES string of the molecule is Cc1cc(C)cc(CC(N)c2cc(F)cc(Br)c2)c1. The zero-order valence-electron chi connectivity index (χ0n) is 11.1. The molecule has 0 aliphatic rings. The van der Waals surface area contributed by atoms with Crippen molar-refractivity contribution in [2.75, 3.05) is 0 Å². The Kier molecular flexibility index (Phi) is 4.38. The molecule has 0 saturated carbocycles. The minimum Gasteiger partial charge on any atom is -0.324 e. The van der Waals surface area contributed by atoms with Crippen molar-refractivity contribution >= 4 is 15.9 Å². The van der Waals surface area contributed by atoms with Gasteiger partial charge in [-0.05, 0) is 49.6 Å². The van der Waals surface area contributed by atoms with Gasteiger partial charge in [-0.3, -0.25) is 0 Å². The Morgan fingerprint density at radius 2 is 1.68 bits per heavy atom. The third-order valence-electron chi connectivity index (χ3n) is 3.05. The van der Waals surface area contributed by atoms with Crippen molar-refractivity contribution in [1.82, 2.24) is 0 Å². The van der Waals surface area contributed by atoms with Crippen LogP contribution in [-0.4, -0.2) is 0 Å². The van der Waals surface area contributed by atoms with Gasteiger partial charge in [0.1, 0.15) is 5.82 Å². The third kappa shape index (κ3) is 3.88. The number of nitrogens with two attached hydrogens (primary N) is 1. The van der Waals surface area contributed by atoms with Crippen LogP contribution in [-0.2, 0) is 6.42 Å². The number of rotatable bonds is 3. The predicted octanol–water partition coefficient (Wildman–Crippen LogP) is 4.45. The van der Waals surface area contributed by atoms with E-state index >= 15 is 0 Å². The lowest BCUT2D eigenvalue weighted by Gasteiger charge is -2.14. The Morgan fingerprint density at radius 1 is 1.05 bits per heavy atom. The number of benzene rings is 2. The third-order valence-corrected chi connectivity index (χ3v) is 3.51. The van der Waals surface area contributed by atoms with Crippen molar-refractivity contribution in [2.45, 2.75) is 26.3 Å². The monoisotopic (exact) mass is 321 g/mol. The van der Waals surface area contributed by atoms with Gasteiger partial charge in [0.05, 0.1) is 0 Å². The fourth-order valence-corrected chi connectivity index (χ4v) is 2.83. The van der Waals surface area contributed by atoms with Gasteiger partial charge in [0.2, 0.25) is 0 Å². The quantitative estimate of drug-likeness (QED) is 0.888. The van der Waals surface area contributed by atoms with Gasteiger partial charge in [-0.15, -0.1) is 0 Å². The number of hydrogen-bond donors (Lipinski definition) is 1. The normalized spacial score (nSPS) is 12.5. The minimum absolute atomic E-state index is 0.201. The van der Waals surface area contributed by atoms with Crippen molar-refractivity contribution < 1.29 is 4.39 Å². The molecule has 0 heterocycles. The summed E-state index contributed by atoms with van der Waals surface area (Å²) in [7, 11) is 0. The highest BCUT2D eigenvalue weighted by Crippen LogP contribution is 2.22. The highest BCUT2D eigenvalue weighted by atomic mass is 79.9. The van der Waals surface area contributed by atoms with Gasteiger partial charge in [-0.2, -0.15) is 0 Å². The van der Waals surface area contributed by atoms with Crippen LogP contribution in [0.4, 0.5) is 4.39 Å². The minimum atomic E-state index is -0.264. The molecule has 0 bridgehead atoms. The summed E-state index contributed by atoms with van der Waals surface area (Å²) in [6.07, 6.45) is 0.707. The summed E-state index contributed by atoms with van der Waals surface area (Å²) in [5, 5.41) is 0. The maximum Gasteiger partial charge on any atom is 0.124 e. The summed E-state index contributed by atoms with van der Waals surface area (Å²) in [6, 6.07) is 11.0. The summed E-state index contributed by atoms with van der Waals surface area (Å²) in [4.78, 5) is 0. The Bertz CT molecular complexity index is 555. The predicted molar refractivity (Wildman–Crippen MR) is 80.6 cm³/mol. The molecule has 0 aliphatic heterocycles. The zero-order chi connectivity index (χ0) is 14.0. The van der Waals surface area contributed by atoms with Crippen molar-refractivity contribution in [1.29, 1.82) is 0 Å². The molecule has 2 aromatic carbocycles. The lowest BCUT2D eigenvalue weighted by Crippen LogP contribution is -2.13. The molecule has 2 N–H and O–H groups in total. The van der Waals surface area contributed by atoms with Gasteiger partial charge in [-0.1, -0.05) is 45.3 Å². The first-order valence-corrected chi connectivity index (χ1v) is 7.02. The van der Waals surface area contributed by atoms with Gasteiger partial charge >= 0.3 is 0 Å². The zero-order valence-corrected chi connectivity index (χ0v) is 12.7. The molecule has 100 valence electrons. The Balaban J connectivity index is 2.22. The van der Waals surface area contributed by atoms with Crippen molar-refractivity contribution in [3.05, 3.63) is 68.9 Å². The van der Waals surface area contributed by atoms with Crippen LogP contribution in [0.5, 0.6) is 0 Å². The Labute approximate surface area is 121 Å². The molecule has 0 amide bonds. The largest absolute Gasteiger partial charge is 0.324 e. The Hall–Kier alpha value is -1.19. The number of halogens is 2. The molecule has 2 rings (SSSR count). The van der Waals surface area contributed by atoms with E-state index in [4.69, 9.17) is 5.73 Å². The van der Waals surface area contributed by atoms with Gasteiger partial charge in [0, 0.05) is 10.5 Å².